The number of likely N-dealkylation sites (tertiary alicyclic amines) is 1. The maximum atomic E-state index is 4.41. The van der Waals surface area contributed by atoms with Gasteiger partial charge in [-0.3, -0.25) is 9.88 Å². The Morgan fingerprint density at radius 1 is 1.58 bits per heavy atom. The molecule has 1 aromatic heterocycles. The predicted molar refractivity (Wildman–Crippen MR) is 49.0 cm³/mol. The van der Waals surface area contributed by atoms with Gasteiger partial charge >= 0.3 is 0 Å². The molecule has 0 N–H and O–H groups in total. The van der Waals surface area contributed by atoms with E-state index in [0.29, 0.717) is 6.04 Å². The SMILES string of the molecule is Cc1cccnc1C1CCN1C. The van der Waals surface area contributed by atoms with Gasteiger partial charge in [-0.05, 0) is 32.0 Å². The highest BCUT2D eigenvalue weighted by Crippen LogP contribution is 2.31. The van der Waals surface area contributed by atoms with Gasteiger partial charge in [-0.25, -0.2) is 0 Å². The first-order valence-electron chi connectivity index (χ1n) is 4.41. The molecule has 1 aromatic rings. The number of hydrogen-bond acceptors (Lipinski definition) is 2. The monoisotopic (exact) mass is 162 g/mol. The molecule has 2 heterocycles. The minimum absolute atomic E-state index is 0.575. The number of rotatable bonds is 1. The molecule has 1 aliphatic heterocycles. The van der Waals surface area contributed by atoms with Crippen LogP contribution in [0.3, 0.4) is 0 Å². The summed E-state index contributed by atoms with van der Waals surface area (Å²) in [4.78, 5) is 6.75. The Bertz CT molecular complexity index is 283. The van der Waals surface area contributed by atoms with Crippen LogP contribution in [0.4, 0.5) is 0 Å². The standard InChI is InChI=1S/C10H14N2/c1-8-4-3-6-11-10(8)9-5-7-12(9)2/h3-4,6,9H,5,7H2,1-2H3. The van der Waals surface area contributed by atoms with Crippen molar-refractivity contribution in [2.45, 2.75) is 19.4 Å². The van der Waals surface area contributed by atoms with Crippen molar-refractivity contribution >= 4 is 0 Å². The van der Waals surface area contributed by atoms with Gasteiger partial charge in [-0.1, -0.05) is 6.07 Å². The molecule has 0 bridgehead atoms. The molecule has 2 nitrogen and oxygen atoms in total. The van der Waals surface area contributed by atoms with Crippen LogP contribution in [0.25, 0.3) is 0 Å². The minimum atomic E-state index is 0.575. The van der Waals surface area contributed by atoms with Crippen LogP contribution in [0.1, 0.15) is 23.7 Å². The van der Waals surface area contributed by atoms with Gasteiger partial charge in [0, 0.05) is 12.7 Å². The Morgan fingerprint density at radius 3 is 2.92 bits per heavy atom. The second-order valence-corrected chi connectivity index (χ2v) is 3.49. The van der Waals surface area contributed by atoms with Gasteiger partial charge in [0.05, 0.1) is 11.7 Å². The normalized spacial score (nSPS) is 23.7. The Labute approximate surface area is 73.2 Å². The fourth-order valence-corrected chi connectivity index (χ4v) is 1.71. The van der Waals surface area contributed by atoms with Crippen LogP contribution in [0.15, 0.2) is 18.3 Å². The van der Waals surface area contributed by atoms with Crippen molar-refractivity contribution in [2.75, 3.05) is 13.6 Å². The number of nitrogens with zero attached hydrogens (tertiary/aromatic N) is 2. The van der Waals surface area contributed by atoms with Crippen molar-refractivity contribution in [1.82, 2.24) is 9.88 Å². The van der Waals surface area contributed by atoms with Crippen molar-refractivity contribution in [3.05, 3.63) is 29.6 Å². The molecule has 1 fully saturated rings. The summed E-state index contributed by atoms with van der Waals surface area (Å²) in [5.74, 6) is 0. The van der Waals surface area contributed by atoms with E-state index in [1.165, 1.54) is 24.2 Å². The Balaban J connectivity index is 2.27. The lowest BCUT2D eigenvalue weighted by Gasteiger charge is -2.37. The third-order valence-electron chi connectivity index (χ3n) is 2.65. The van der Waals surface area contributed by atoms with E-state index >= 15 is 0 Å². The van der Waals surface area contributed by atoms with E-state index in [4.69, 9.17) is 0 Å². The van der Waals surface area contributed by atoms with E-state index in [1.807, 2.05) is 12.3 Å². The van der Waals surface area contributed by atoms with Crippen molar-refractivity contribution in [1.29, 1.82) is 0 Å². The molecule has 0 saturated carbocycles. The molecule has 0 aromatic carbocycles. The lowest BCUT2D eigenvalue weighted by molar-refractivity contribution is 0.123. The van der Waals surface area contributed by atoms with Crippen molar-refractivity contribution in [2.24, 2.45) is 0 Å². The van der Waals surface area contributed by atoms with Gasteiger partial charge in [-0.15, -0.1) is 0 Å². The lowest BCUT2D eigenvalue weighted by atomic mass is 9.97. The molecule has 2 rings (SSSR count). The zero-order valence-corrected chi connectivity index (χ0v) is 7.62. The maximum absolute atomic E-state index is 4.41. The molecule has 2 heteroatoms. The summed E-state index contributed by atoms with van der Waals surface area (Å²) in [6, 6.07) is 4.71. The summed E-state index contributed by atoms with van der Waals surface area (Å²) in [6.45, 7) is 3.34. The van der Waals surface area contributed by atoms with Crippen LogP contribution in [0.2, 0.25) is 0 Å². The molecule has 1 saturated heterocycles. The topological polar surface area (TPSA) is 16.1 Å². The molecule has 0 aliphatic carbocycles. The third kappa shape index (κ3) is 1.12. The zero-order chi connectivity index (χ0) is 8.55. The fraction of sp³-hybridized carbons (Fsp3) is 0.500. The van der Waals surface area contributed by atoms with Gasteiger partial charge in [0.15, 0.2) is 0 Å². The quantitative estimate of drug-likeness (QED) is 0.625. The number of pyridine rings is 1. The molecule has 64 valence electrons. The first kappa shape index (κ1) is 7.74. The third-order valence-corrected chi connectivity index (χ3v) is 2.65. The first-order chi connectivity index (χ1) is 5.79. The van der Waals surface area contributed by atoms with Crippen LogP contribution < -0.4 is 0 Å². The zero-order valence-electron chi connectivity index (χ0n) is 7.62. The molecule has 1 aliphatic rings. The van der Waals surface area contributed by atoms with Crippen LogP contribution in [-0.2, 0) is 0 Å². The van der Waals surface area contributed by atoms with E-state index in [-0.39, 0.29) is 0 Å². The second-order valence-electron chi connectivity index (χ2n) is 3.49. The summed E-state index contributed by atoms with van der Waals surface area (Å²) in [6.07, 6.45) is 3.14. The number of hydrogen-bond donors (Lipinski definition) is 0. The van der Waals surface area contributed by atoms with Gasteiger partial charge in [-0.2, -0.15) is 0 Å². The first-order valence-corrected chi connectivity index (χ1v) is 4.41. The molecule has 0 spiro atoms. The highest BCUT2D eigenvalue weighted by Gasteiger charge is 2.27. The van der Waals surface area contributed by atoms with Crippen LogP contribution >= 0.6 is 0 Å². The van der Waals surface area contributed by atoms with Gasteiger partial charge in [0.2, 0.25) is 0 Å². The Kier molecular flexibility index (Phi) is 1.85. The minimum Gasteiger partial charge on any atom is -0.298 e. The van der Waals surface area contributed by atoms with Crippen LogP contribution in [0.5, 0.6) is 0 Å². The summed E-state index contributed by atoms with van der Waals surface area (Å²) in [5.41, 5.74) is 2.57. The van der Waals surface area contributed by atoms with Crippen molar-refractivity contribution < 1.29 is 0 Å². The van der Waals surface area contributed by atoms with Crippen molar-refractivity contribution in [3.8, 4) is 0 Å². The highest BCUT2D eigenvalue weighted by molar-refractivity contribution is 5.22. The van der Waals surface area contributed by atoms with E-state index in [9.17, 15) is 0 Å². The smallest absolute Gasteiger partial charge is 0.0604 e. The summed E-state index contributed by atoms with van der Waals surface area (Å²) >= 11 is 0. The van der Waals surface area contributed by atoms with E-state index in [1.54, 1.807) is 0 Å². The van der Waals surface area contributed by atoms with E-state index in [2.05, 4.69) is 29.9 Å². The molecular weight excluding hydrogens is 148 g/mol. The molecular formula is C10H14N2. The van der Waals surface area contributed by atoms with Crippen LogP contribution in [-0.4, -0.2) is 23.5 Å². The van der Waals surface area contributed by atoms with E-state index in [0.717, 1.165) is 0 Å². The van der Waals surface area contributed by atoms with Gasteiger partial charge < -0.3 is 0 Å². The fourth-order valence-electron chi connectivity index (χ4n) is 1.71. The average molecular weight is 162 g/mol. The summed E-state index contributed by atoms with van der Waals surface area (Å²) in [5, 5.41) is 0. The molecule has 1 unspecified atom stereocenters. The van der Waals surface area contributed by atoms with Crippen LogP contribution in [0, 0.1) is 6.92 Å². The molecule has 12 heavy (non-hydrogen) atoms. The maximum Gasteiger partial charge on any atom is 0.0604 e. The van der Waals surface area contributed by atoms with E-state index < -0.39 is 0 Å². The molecule has 0 amide bonds. The Morgan fingerprint density at radius 2 is 2.42 bits per heavy atom. The summed E-state index contributed by atoms with van der Waals surface area (Å²) in [7, 11) is 2.16. The Hall–Kier alpha value is -0.890. The lowest BCUT2D eigenvalue weighted by Crippen LogP contribution is -2.38. The largest absolute Gasteiger partial charge is 0.298 e. The highest BCUT2D eigenvalue weighted by atomic mass is 15.2. The average Bonchev–Trinajstić information content (AvgIpc) is 2.06. The predicted octanol–water partition coefficient (Wildman–Crippen LogP) is 1.77. The summed E-state index contributed by atoms with van der Waals surface area (Å²) < 4.78 is 0. The van der Waals surface area contributed by atoms with Crippen molar-refractivity contribution in [3.63, 3.8) is 0 Å². The number of aromatic nitrogens is 1. The van der Waals surface area contributed by atoms with Gasteiger partial charge in [0.25, 0.3) is 0 Å². The number of aryl methyl sites for hydroxylation is 1. The second kappa shape index (κ2) is 2.87. The molecule has 1 atom stereocenters. The van der Waals surface area contributed by atoms with Gasteiger partial charge in [0.1, 0.15) is 0 Å². The molecule has 0 radical (unpaired) electrons.